The Morgan fingerprint density at radius 1 is 1.26 bits per heavy atom. The zero-order valence-corrected chi connectivity index (χ0v) is 12.1. The highest BCUT2D eigenvalue weighted by atomic mass is 79.9. The van der Waals surface area contributed by atoms with Crippen molar-refractivity contribution in [2.75, 3.05) is 5.32 Å². The molecule has 0 fully saturated rings. The van der Waals surface area contributed by atoms with Crippen LogP contribution < -0.4 is 5.32 Å². The van der Waals surface area contributed by atoms with Crippen LogP contribution in [0.1, 0.15) is 24.1 Å². The summed E-state index contributed by atoms with van der Waals surface area (Å²) in [6.07, 6.45) is 0. The zero-order chi connectivity index (χ0) is 13.8. The molecule has 0 aromatic heterocycles. The van der Waals surface area contributed by atoms with Gasteiger partial charge in [0.15, 0.2) is 0 Å². The van der Waals surface area contributed by atoms with Crippen LogP contribution in [0.3, 0.4) is 0 Å². The van der Waals surface area contributed by atoms with Crippen LogP contribution in [0.5, 0.6) is 0 Å². The number of benzene rings is 2. The van der Waals surface area contributed by atoms with E-state index >= 15 is 0 Å². The predicted molar refractivity (Wildman–Crippen MR) is 78.5 cm³/mol. The van der Waals surface area contributed by atoms with Crippen LogP contribution in [-0.2, 0) is 6.61 Å². The summed E-state index contributed by atoms with van der Waals surface area (Å²) < 4.78 is 14.6. The maximum Gasteiger partial charge on any atom is 0.129 e. The van der Waals surface area contributed by atoms with Gasteiger partial charge in [0, 0.05) is 21.3 Å². The van der Waals surface area contributed by atoms with E-state index in [-0.39, 0.29) is 18.5 Å². The quantitative estimate of drug-likeness (QED) is 0.881. The molecule has 0 amide bonds. The summed E-state index contributed by atoms with van der Waals surface area (Å²) in [5.74, 6) is -0.254. The van der Waals surface area contributed by atoms with Crippen molar-refractivity contribution in [2.24, 2.45) is 0 Å². The highest BCUT2D eigenvalue weighted by Gasteiger charge is 2.12. The first-order valence-electron chi connectivity index (χ1n) is 6.02. The smallest absolute Gasteiger partial charge is 0.129 e. The van der Waals surface area contributed by atoms with Crippen molar-refractivity contribution >= 4 is 21.6 Å². The Balaban J connectivity index is 2.23. The summed E-state index contributed by atoms with van der Waals surface area (Å²) in [5.41, 5.74) is 2.21. The SMILES string of the molecule is CC(Nc1ccccc1CO)c1ccc(Br)cc1F. The Morgan fingerprint density at radius 2 is 2.00 bits per heavy atom. The number of halogens is 2. The molecule has 100 valence electrons. The van der Waals surface area contributed by atoms with Crippen LogP contribution in [0.15, 0.2) is 46.9 Å². The third-order valence-electron chi connectivity index (χ3n) is 2.99. The molecule has 0 radical (unpaired) electrons. The molecule has 2 rings (SSSR count). The number of hydrogen-bond acceptors (Lipinski definition) is 2. The molecule has 2 aromatic rings. The van der Waals surface area contributed by atoms with Crippen molar-refractivity contribution < 1.29 is 9.50 Å². The van der Waals surface area contributed by atoms with Crippen molar-refractivity contribution in [3.63, 3.8) is 0 Å². The van der Waals surface area contributed by atoms with Gasteiger partial charge >= 0.3 is 0 Å². The third kappa shape index (κ3) is 3.33. The summed E-state index contributed by atoms with van der Waals surface area (Å²) in [7, 11) is 0. The van der Waals surface area contributed by atoms with E-state index in [4.69, 9.17) is 0 Å². The van der Waals surface area contributed by atoms with Crippen LogP contribution in [0, 0.1) is 5.82 Å². The Bertz CT molecular complexity index is 574. The largest absolute Gasteiger partial charge is 0.392 e. The van der Waals surface area contributed by atoms with Crippen molar-refractivity contribution in [1.82, 2.24) is 0 Å². The third-order valence-corrected chi connectivity index (χ3v) is 3.48. The van der Waals surface area contributed by atoms with E-state index in [1.54, 1.807) is 6.07 Å². The average molecular weight is 324 g/mol. The Morgan fingerprint density at radius 3 is 2.68 bits per heavy atom. The van der Waals surface area contributed by atoms with Gasteiger partial charge in [-0.05, 0) is 25.1 Å². The molecule has 0 aliphatic rings. The second kappa shape index (κ2) is 6.17. The number of nitrogens with one attached hydrogen (secondary N) is 1. The lowest BCUT2D eigenvalue weighted by atomic mass is 10.1. The summed E-state index contributed by atoms with van der Waals surface area (Å²) >= 11 is 3.24. The summed E-state index contributed by atoms with van der Waals surface area (Å²) in [6, 6.07) is 12.3. The minimum absolute atomic E-state index is 0.0429. The van der Waals surface area contributed by atoms with E-state index < -0.39 is 0 Å². The van der Waals surface area contributed by atoms with Crippen LogP contribution in [0.25, 0.3) is 0 Å². The van der Waals surface area contributed by atoms with Gasteiger partial charge in [0.25, 0.3) is 0 Å². The molecule has 0 saturated carbocycles. The van der Waals surface area contributed by atoms with Crippen LogP contribution in [0.2, 0.25) is 0 Å². The lowest BCUT2D eigenvalue weighted by Crippen LogP contribution is -2.10. The molecule has 0 aliphatic heterocycles. The van der Waals surface area contributed by atoms with Crippen molar-refractivity contribution in [3.05, 3.63) is 63.9 Å². The van der Waals surface area contributed by atoms with Gasteiger partial charge in [0.1, 0.15) is 5.82 Å². The molecule has 0 aliphatic carbocycles. The van der Waals surface area contributed by atoms with Crippen molar-refractivity contribution in [3.8, 4) is 0 Å². The van der Waals surface area contributed by atoms with E-state index in [1.807, 2.05) is 37.3 Å². The first-order valence-corrected chi connectivity index (χ1v) is 6.81. The fourth-order valence-corrected chi connectivity index (χ4v) is 2.30. The number of hydrogen-bond donors (Lipinski definition) is 2. The van der Waals surface area contributed by atoms with Crippen LogP contribution >= 0.6 is 15.9 Å². The number of aliphatic hydroxyl groups is 1. The Kier molecular flexibility index (Phi) is 4.56. The Hall–Kier alpha value is -1.39. The molecule has 0 saturated heterocycles. The summed E-state index contributed by atoms with van der Waals surface area (Å²) in [4.78, 5) is 0. The maximum absolute atomic E-state index is 13.9. The summed E-state index contributed by atoms with van der Waals surface area (Å²) in [6.45, 7) is 1.85. The zero-order valence-electron chi connectivity index (χ0n) is 10.5. The monoisotopic (exact) mass is 323 g/mol. The predicted octanol–water partition coefficient (Wildman–Crippen LogP) is 4.25. The van der Waals surface area contributed by atoms with Gasteiger partial charge in [-0.2, -0.15) is 0 Å². The molecule has 19 heavy (non-hydrogen) atoms. The first kappa shape index (κ1) is 14.0. The average Bonchev–Trinajstić information content (AvgIpc) is 2.39. The molecule has 4 heteroatoms. The molecule has 2 nitrogen and oxygen atoms in total. The molecule has 1 unspecified atom stereocenters. The molecule has 2 aromatic carbocycles. The second-order valence-electron chi connectivity index (χ2n) is 4.35. The van der Waals surface area contributed by atoms with E-state index in [0.717, 1.165) is 15.7 Å². The molecule has 1 atom stereocenters. The molecule has 0 bridgehead atoms. The van der Waals surface area contributed by atoms with Gasteiger partial charge in [-0.1, -0.05) is 40.2 Å². The van der Waals surface area contributed by atoms with Gasteiger partial charge in [-0.3, -0.25) is 0 Å². The molecule has 0 heterocycles. The van der Waals surface area contributed by atoms with Gasteiger partial charge in [0.05, 0.1) is 12.6 Å². The Labute approximate surface area is 120 Å². The van der Waals surface area contributed by atoms with E-state index in [2.05, 4.69) is 21.2 Å². The van der Waals surface area contributed by atoms with Crippen LogP contribution in [0.4, 0.5) is 10.1 Å². The van der Waals surface area contributed by atoms with E-state index in [0.29, 0.717) is 5.56 Å². The minimum atomic E-state index is -0.254. The molecular weight excluding hydrogens is 309 g/mol. The highest BCUT2D eigenvalue weighted by molar-refractivity contribution is 9.10. The topological polar surface area (TPSA) is 32.3 Å². The van der Waals surface area contributed by atoms with Crippen LogP contribution in [-0.4, -0.2) is 5.11 Å². The maximum atomic E-state index is 13.9. The summed E-state index contributed by atoms with van der Waals surface area (Å²) in [5, 5.41) is 12.5. The molecule has 2 N–H and O–H groups in total. The highest BCUT2D eigenvalue weighted by Crippen LogP contribution is 2.25. The number of aliphatic hydroxyl groups excluding tert-OH is 1. The number of para-hydroxylation sites is 1. The molecular formula is C15H15BrFNO. The van der Waals surface area contributed by atoms with Crippen molar-refractivity contribution in [1.29, 1.82) is 0 Å². The number of rotatable bonds is 4. The van der Waals surface area contributed by atoms with E-state index in [9.17, 15) is 9.50 Å². The lowest BCUT2D eigenvalue weighted by Gasteiger charge is -2.18. The van der Waals surface area contributed by atoms with Crippen molar-refractivity contribution in [2.45, 2.75) is 19.6 Å². The lowest BCUT2D eigenvalue weighted by molar-refractivity contribution is 0.282. The fraction of sp³-hybridized carbons (Fsp3) is 0.200. The minimum Gasteiger partial charge on any atom is -0.392 e. The normalized spacial score (nSPS) is 12.2. The van der Waals surface area contributed by atoms with Gasteiger partial charge in [-0.15, -0.1) is 0 Å². The van der Waals surface area contributed by atoms with Gasteiger partial charge < -0.3 is 10.4 Å². The second-order valence-corrected chi connectivity index (χ2v) is 5.26. The fourth-order valence-electron chi connectivity index (χ4n) is 1.96. The van der Waals surface area contributed by atoms with Gasteiger partial charge in [-0.25, -0.2) is 4.39 Å². The molecule has 0 spiro atoms. The standard InChI is InChI=1S/C15H15BrFNO/c1-10(13-7-6-12(16)8-14(13)17)18-15-5-3-2-4-11(15)9-19/h2-8,10,18-19H,9H2,1H3. The number of anilines is 1. The van der Waals surface area contributed by atoms with E-state index in [1.165, 1.54) is 6.07 Å². The first-order chi connectivity index (χ1) is 9.11. The van der Waals surface area contributed by atoms with Gasteiger partial charge in [0.2, 0.25) is 0 Å².